The molecule has 2 aromatic rings. The summed E-state index contributed by atoms with van der Waals surface area (Å²) in [7, 11) is 1.56. The third kappa shape index (κ3) is 4.07. The van der Waals surface area contributed by atoms with Gasteiger partial charge in [-0.25, -0.2) is 9.97 Å². The summed E-state index contributed by atoms with van der Waals surface area (Å²) in [4.78, 5) is 20.8. The van der Waals surface area contributed by atoms with Gasteiger partial charge in [-0.3, -0.25) is 4.79 Å². The summed E-state index contributed by atoms with van der Waals surface area (Å²) in [5, 5.41) is 0. The molecule has 3 rings (SSSR count). The topological polar surface area (TPSA) is 64.6 Å². The van der Waals surface area contributed by atoms with Crippen LogP contribution in [0.1, 0.15) is 23.2 Å². The highest BCUT2D eigenvalue weighted by Crippen LogP contribution is 2.29. The third-order valence-electron chi connectivity index (χ3n) is 4.03. The molecule has 0 atom stereocenters. The normalized spacial score (nSPS) is 15.1. The van der Waals surface area contributed by atoms with Crippen molar-refractivity contribution in [2.45, 2.75) is 18.9 Å². The number of rotatable bonds is 5. The van der Waals surface area contributed by atoms with Crippen LogP contribution in [0, 0.1) is 5.95 Å². The summed E-state index contributed by atoms with van der Waals surface area (Å²) in [6.45, 7) is 1.36. The average Bonchev–Trinajstić information content (AvgIpc) is 2.64. The van der Waals surface area contributed by atoms with E-state index in [-0.39, 0.29) is 11.7 Å². The van der Waals surface area contributed by atoms with Crippen molar-refractivity contribution >= 4 is 28.0 Å². The van der Waals surface area contributed by atoms with E-state index in [1.165, 1.54) is 6.07 Å². The predicted octanol–water partition coefficient (Wildman–Crippen LogP) is 3.25. The van der Waals surface area contributed by atoms with Crippen molar-refractivity contribution in [1.82, 2.24) is 9.97 Å². The summed E-state index contributed by atoms with van der Waals surface area (Å²) >= 11 is 3.36. The van der Waals surface area contributed by atoms with Gasteiger partial charge in [0.1, 0.15) is 17.7 Å². The SMILES string of the molecule is COc1ccc(OC2CCN(c3nc(F)c(C=O)cc3Br)CC2)cn1. The summed E-state index contributed by atoms with van der Waals surface area (Å²) in [6.07, 6.45) is 3.70. The summed E-state index contributed by atoms with van der Waals surface area (Å²) in [6, 6.07) is 5.03. The van der Waals surface area contributed by atoms with Crippen LogP contribution in [0.2, 0.25) is 0 Å². The molecule has 0 aliphatic carbocycles. The van der Waals surface area contributed by atoms with Gasteiger partial charge in [0.05, 0.1) is 23.3 Å². The maximum atomic E-state index is 13.8. The summed E-state index contributed by atoms with van der Waals surface area (Å²) < 4.78 is 25.3. The van der Waals surface area contributed by atoms with Crippen molar-refractivity contribution in [2.24, 2.45) is 0 Å². The molecule has 0 saturated carbocycles. The molecule has 6 nitrogen and oxygen atoms in total. The van der Waals surface area contributed by atoms with Gasteiger partial charge < -0.3 is 14.4 Å². The fourth-order valence-electron chi connectivity index (χ4n) is 2.71. The van der Waals surface area contributed by atoms with E-state index in [0.717, 1.165) is 12.8 Å². The number of anilines is 1. The average molecular weight is 410 g/mol. The predicted molar refractivity (Wildman–Crippen MR) is 93.9 cm³/mol. The Kier molecular flexibility index (Phi) is 5.47. The van der Waals surface area contributed by atoms with Crippen LogP contribution < -0.4 is 14.4 Å². The van der Waals surface area contributed by atoms with Crippen LogP contribution in [0.4, 0.5) is 10.2 Å². The second kappa shape index (κ2) is 7.77. The van der Waals surface area contributed by atoms with Gasteiger partial charge in [-0.15, -0.1) is 0 Å². The monoisotopic (exact) mass is 409 g/mol. The number of aromatic nitrogens is 2. The quantitative estimate of drug-likeness (QED) is 0.557. The van der Waals surface area contributed by atoms with Crippen molar-refractivity contribution in [1.29, 1.82) is 0 Å². The Bertz CT molecular complexity index is 750. The minimum atomic E-state index is -0.754. The van der Waals surface area contributed by atoms with Crippen LogP contribution in [0.3, 0.4) is 0 Å². The van der Waals surface area contributed by atoms with Crippen molar-refractivity contribution in [2.75, 3.05) is 25.1 Å². The molecule has 0 bridgehead atoms. The molecule has 0 aromatic carbocycles. The first kappa shape index (κ1) is 17.6. The Hall–Kier alpha value is -2.22. The second-order valence-corrected chi connectivity index (χ2v) is 6.49. The number of hydrogen-bond donors (Lipinski definition) is 0. The molecule has 132 valence electrons. The first-order chi connectivity index (χ1) is 12.1. The van der Waals surface area contributed by atoms with E-state index < -0.39 is 5.95 Å². The molecule has 25 heavy (non-hydrogen) atoms. The summed E-state index contributed by atoms with van der Waals surface area (Å²) in [5.41, 5.74) is -0.0548. The first-order valence-electron chi connectivity index (χ1n) is 7.83. The molecule has 3 heterocycles. The van der Waals surface area contributed by atoms with E-state index in [9.17, 15) is 9.18 Å². The lowest BCUT2D eigenvalue weighted by Crippen LogP contribution is -2.39. The molecule has 1 aliphatic heterocycles. The number of piperidine rings is 1. The number of nitrogens with zero attached hydrogens (tertiary/aromatic N) is 3. The lowest BCUT2D eigenvalue weighted by Gasteiger charge is -2.33. The zero-order valence-electron chi connectivity index (χ0n) is 13.6. The lowest BCUT2D eigenvalue weighted by atomic mass is 10.1. The number of ether oxygens (including phenoxy) is 2. The zero-order chi connectivity index (χ0) is 17.8. The standard InChI is InChI=1S/C17H17BrFN3O3/c1-24-15-3-2-13(9-20-15)25-12-4-6-22(7-5-12)17-14(18)8-11(10-23)16(19)21-17/h2-3,8-10,12H,4-7H2,1H3. The van der Waals surface area contributed by atoms with Crippen LogP contribution >= 0.6 is 15.9 Å². The Morgan fingerprint density at radius 1 is 1.36 bits per heavy atom. The van der Waals surface area contributed by atoms with Crippen molar-refractivity contribution < 1.29 is 18.7 Å². The minimum absolute atomic E-state index is 0.0548. The molecule has 0 amide bonds. The maximum absolute atomic E-state index is 13.8. The van der Waals surface area contributed by atoms with E-state index in [0.29, 0.717) is 41.3 Å². The van der Waals surface area contributed by atoms with Gasteiger partial charge >= 0.3 is 0 Å². The molecule has 1 fully saturated rings. The molecule has 8 heteroatoms. The van der Waals surface area contributed by atoms with E-state index in [2.05, 4.69) is 25.9 Å². The number of methoxy groups -OCH3 is 1. The van der Waals surface area contributed by atoms with E-state index in [4.69, 9.17) is 9.47 Å². The number of pyridine rings is 2. The third-order valence-corrected chi connectivity index (χ3v) is 4.61. The van der Waals surface area contributed by atoms with Gasteiger partial charge in [0.15, 0.2) is 6.29 Å². The second-order valence-electron chi connectivity index (χ2n) is 5.63. The molecule has 1 aliphatic rings. The largest absolute Gasteiger partial charge is 0.489 e. The zero-order valence-corrected chi connectivity index (χ0v) is 15.2. The van der Waals surface area contributed by atoms with Gasteiger partial charge in [0.2, 0.25) is 11.8 Å². The number of aldehydes is 1. The molecular weight excluding hydrogens is 393 g/mol. The fraction of sp³-hybridized carbons (Fsp3) is 0.353. The van der Waals surface area contributed by atoms with Crippen molar-refractivity contribution in [3.63, 3.8) is 0 Å². The molecule has 0 radical (unpaired) electrons. The minimum Gasteiger partial charge on any atom is -0.489 e. The van der Waals surface area contributed by atoms with Crippen LogP contribution in [-0.4, -0.2) is 42.6 Å². The van der Waals surface area contributed by atoms with Gasteiger partial charge in [-0.05, 0) is 28.1 Å². The molecule has 2 aromatic heterocycles. The van der Waals surface area contributed by atoms with E-state index in [1.807, 2.05) is 11.0 Å². The number of carbonyl (C=O) groups is 1. The van der Waals surface area contributed by atoms with E-state index >= 15 is 0 Å². The molecular formula is C17H17BrFN3O3. The Labute approximate surface area is 153 Å². The van der Waals surface area contributed by atoms with Gasteiger partial charge in [-0.1, -0.05) is 0 Å². The highest BCUT2D eigenvalue weighted by atomic mass is 79.9. The Morgan fingerprint density at radius 2 is 2.12 bits per heavy atom. The van der Waals surface area contributed by atoms with Crippen LogP contribution in [-0.2, 0) is 0 Å². The Morgan fingerprint density at radius 3 is 2.72 bits per heavy atom. The lowest BCUT2D eigenvalue weighted by molar-refractivity contribution is 0.111. The van der Waals surface area contributed by atoms with Gasteiger partial charge in [0.25, 0.3) is 0 Å². The van der Waals surface area contributed by atoms with Gasteiger partial charge in [-0.2, -0.15) is 4.39 Å². The first-order valence-corrected chi connectivity index (χ1v) is 8.63. The van der Waals surface area contributed by atoms with Crippen LogP contribution in [0.5, 0.6) is 11.6 Å². The van der Waals surface area contributed by atoms with E-state index in [1.54, 1.807) is 19.4 Å². The fourth-order valence-corrected chi connectivity index (χ4v) is 3.30. The highest BCUT2D eigenvalue weighted by Gasteiger charge is 2.24. The highest BCUT2D eigenvalue weighted by molar-refractivity contribution is 9.10. The van der Waals surface area contributed by atoms with Gasteiger partial charge in [0, 0.05) is 32.0 Å². The maximum Gasteiger partial charge on any atom is 0.225 e. The number of halogens is 2. The molecule has 0 N–H and O–H groups in total. The van der Waals surface area contributed by atoms with Crippen LogP contribution in [0.25, 0.3) is 0 Å². The summed E-state index contributed by atoms with van der Waals surface area (Å²) in [5.74, 6) is 0.988. The molecule has 1 saturated heterocycles. The van der Waals surface area contributed by atoms with Crippen molar-refractivity contribution in [3.05, 3.63) is 40.4 Å². The molecule has 0 unspecified atom stereocenters. The number of carbonyl (C=O) groups excluding carboxylic acids is 1. The van der Waals surface area contributed by atoms with Crippen LogP contribution in [0.15, 0.2) is 28.9 Å². The smallest absolute Gasteiger partial charge is 0.225 e. The number of hydrogen-bond acceptors (Lipinski definition) is 6. The molecule has 0 spiro atoms. The van der Waals surface area contributed by atoms with Crippen molar-refractivity contribution in [3.8, 4) is 11.6 Å². The Balaban J connectivity index is 1.61.